The molecule has 6 N–H and O–H groups in total. The Labute approximate surface area is 567 Å². The highest BCUT2D eigenvalue weighted by Crippen LogP contribution is 2.42. The van der Waals surface area contributed by atoms with Gasteiger partial charge in [-0.15, -0.1) is 0 Å². The normalized spacial score (nSPS) is 15.5. The van der Waals surface area contributed by atoms with Crippen molar-refractivity contribution in [1.82, 2.24) is 0 Å². The van der Waals surface area contributed by atoms with Crippen LogP contribution in [-0.2, 0) is 34.2 Å². The largest absolute Gasteiger partial charge is 0.497 e. The Balaban J connectivity index is 0.000000159. The van der Waals surface area contributed by atoms with Gasteiger partial charge in [0.1, 0.15) is 54.3 Å². The number of hydrogen-bond acceptors (Lipinski definition) is 14. The van der Waals surface area contributed by atoms with Crippen LogP contribution in [0.25, 0.3) is 0 Å². The van der Waals surface area contributed by atoms with Gasteiger partial charge in [-0.2, -0.15) is 0 Å². The summed E-state index contributed by atoms with van der Waals surface area (Å²) in [5.74, 6) is 2.02. The van der Waals surface area contributed by atoms with E-state index in [-0.39, 0.29) is 54.2 Å². The van der Waals surface area contributed by atoms with Gasteiger partial charge in [0.05, 0.1) is 26.3 Å². The van der Waals surface area contributed by atoms with Crippen LogP contribution < -0.4 is 60.3 Å². The lowest BCUT2D eigenvalue weighted by Gasteiger charge is -2.20. The predicted molar refractivity (Wildman–Crippen MR) is 371 cm³/mol. The molecule has 98 heavy (non-hydrogen) atoms. The zero-order valence-electron chi connectivity index (χ0n) is 54.9. The standard InChI is InChI=1S/2C26H26N2O4.C25H23N3O6/c1-17-6-3-4-7-19(17)16-32-24-14-22(31-2)10-11-23(24)20-13-25(29)28(15-20)21-9-5-8-18(12-21)26(27)30;1-17-6-8-18(9-7-17)16-32-24-14-22(31-2)10-11-23(24)20-13-25(29)28(15-20)21-5-3-4-19(12-21)26(27)30;1-33-21-8-9-22(23(13-21)34-15-16-4-2-7-20(10-16)28(31)32)18-12-24(29)27(14-18)19-6-3-5-17(11-19)25(26)30/h2*3-12,14,20H,13,15-16H2,1-2H3,(H2,27,30);2-11,13,18H,12,14-15H2,1H3,(H2,26,30). The smallest absolute Gasteiger partial charge is 0.269 e. The molecular weight excluding hydrogens is 1250 g/mol. The number of rotatable bonds is 22. The number of non-ortho nitro benzene ring substituents is 1. The van der Waals surface area contributed by atoms with Crippen molar-refractivity contribution < 1.29 is 62.1 Å². The minimum absolute atomic E-state index is 0.00251. The maximum atomic E-state index is 12.8. The van der Waals surface area contributed by atoms with Crippen molar-refractivity contribution in [2.75, 3.05) is 55.7 Å². The van der Waals surface area contributed by atoms with Crippen LogP contribution in [0.3, 0.4) is 0 Å². The highest BCUT2D eigenvalue weighted by molar-refractivity contribution is 6.01. The summed E-state index contributed by atoms with van der Waals surface area (Å²) in [7, 11) is 4.78. The van der Waals surface area contributed by atoms with Gasteiger partial charge in [0.15, 0.2) is 0 Å². The van der Waals surface area contributed by atoms with E-state index in [0.717, 1.165) is 33.4 Å². The predicted octanol–water partition coefficient (Wildman–Crippen LogP) is 12.2. The van der Waals surface area contributed by atoms with Crippen LogP contribution in [0.2, 0.25) is 0 Å². The van der Waals surface area contributed by atoms with Gasteiger partial charge in [-0.3, -0.25) is 38.9 Å². The Morgan fingerprint density at radius 1 is 0.439 bits per heavy atom. The molecule has 3 atom stereocenters. The molecular formula is C77H75N7O14. The monoisotopic (exact) mass is 1320 g/mol. The molecule has 12 rings (SSSR count). The lowest BCUT2D eigenvalue weighted by atomic mass is 9.97. The number of nitrogens with zero attached hydrogens (tertiary/aromatic N) is 4. The van der Waals surface area contributed by atoms with E-state index in [2.05, 4.69) is 25.1 Å². The first kappa shape index (κ1) is 68.8. The van der Waals surface area contributed by atoms with Crippen LogP contribution in [0.1, 0.15) is 113 Å². The molecule has 3 unspecified atom stereocenters. The maximum Gasteiger partial charge on any atom is 0.269 e. The van der Waals surface area contributed by atoms with Gasteiger partial charge in [-0.05, 0) is 126 Å². The molecule has 0 aromatic heterocycles. The fraction of sp³-hybridized carbons (Fsp3) is 0.221. The summed E-state index contributed by atoms with van der Waals surface area (Å²) in [4.78, 5) is 88.8. The highest BCUT2D eigenvalue weighted by atomic mass is 16.6. The quantitative estimate of drug-likeness (QED) is 0.0420. The second kappa shape index (κ2) is 31.5. The molecule has 3 fully saturated rings. The number of aryl methyl sites for hydroxylation is 2. The molecule has 21 nitrogen and oxygen atoms in total. The number of amides is 6. The molecule has 0 saturated carbocycles. The molecule has 0 bridgehead atoms. The Kier molecular flexibility index (Phi) is 22.1. The van der Waals surface area contributed by atoms with Gasteiger partial charge in [-0.1, -0.05) is 103 Å². The molecule has 3 aliphatic heterocycles. The van der Waals surface area contributed by atoms with Gasteiger partial charge in [-0.25, -0.2) is 0 Å². The van der Waals surface area contributed by atoms with E-state index >= 15 is 0 Å². The topological polar surface area (TPSA) is 289 Å². The molecule has 0 aliphatic carbocycles. The van der Waals surface area contributed by atoms with Crippen molar-refractivity contribution in [3.63, 3.8) is 0 Å². The van der Waals surface area contributed by atoms with E-state index in [0.29, 0.717) is 120 Å². The maximum absolute atomic E-state index is 12.8. The molecule has 9 aromatic carbocycles. The first-order valence-electron chi connectivity index (χ1n) is 31.6. The number of primary amides is 3. The van der Waals surface area contributed by atoms with E-state index in [1.807, 2.05) is 91.9 Å². The number of nitrogens with two attached hydrogens (primary N) is 3. The first-order chi connectivity index (χ1) is 47.2. The van der Waals surface area contributed by atoms with E-state index in [9.17, 15) is 38.9 Å². The second-order valence-electron chi connectivity index (χ2n) is 23.9. The lowest BCUT2D eigenvalue weighted by Crippen LogP contribution is -2.25. The van der Waals surface area contributed by atoms with Gasteiger partial charge in [0, 0.05) is 121 Å². The molecule has 9 aromatic rings. The van der Waals surface area contributed by atoms with Crippen LogP contribution in [0, 0.1) is 24.0 Å². The van der Waals surface area contributed by atoms with Crippen LogP contribution in [-0.4, -0.2) is 81.3 Å². The minimum atomic E-state index is -0.558. The number of carbonyl (C=O) groups is 6. The van der Waals surface area contributed by atoms with Gasteiger partial charge in [0.25, 0.3) is 5.69 Å². The third kappa shape index (κ3) is 16.9. The summed E-state index contributed by atoms with van der Waals surface area (Å²) in [6.07, 6.45) is 0.974. The Morgan fingerprint density at radius 3 is 1.19 bits per heavy atom. The summed E-state index contributed by atoms with van der Waals surface area (Å²) in [6.45, 7) is 6.46. The van der Waals surface area contributed by atoms with Crippen molar-refractivity contribution in [2.24, 2.45) is 17.2 Å². The van der Waals surface area contributed by atoms with Crippen molar-refractivity contribution in [3.8, 4) is 34.5 Å². The van der Waals surface area contributed by atoms with Gasteiger partial charge >= 0.3 is 0 Å². The fourth-order valence-electron chi connectivity index (χ4n) is 12.0. The van der Waals surface area contributed by atoms with E-state index < -0.39 is 22.6 Å². The van der Waals surface area contributed by atoms with E-state index in [1.165, 1.54) is 17.7 Å². The minimum Gasteiger partial charge on any atom is -0.497 e. The molecule has 0 spiro atoms. The molecule has 3 aliphatic rings. The molecule has 0 radical (unpaired) electrons. The summed E-state index contributed by atoms with van der Waals surface area (Å²) < 4.78 is 34.5. The second-order valence-corrected chi connectivity index (χ2v) is 23.9. The third-order valence-electron chi connectivity index (χ3n) is 17.4. The summed E-state index contributed by atoms with van der Waals surface area (Å²) in [5, 5.41) is 11.1. The highest BCUT2D eigenvalue weighted by Gasteiger charge is 2.37. The van der Waals surface area contributed by atoms with Crippen molar-refractivity contribution in [3.05, 3.63) is 272 Å². The average Bonchev–Trinajstić information content (AvgIpc) is 1.60. The molecule has 6 amide bonds. The zero-order valence-corrected chi connectivity index (χ0v) is 54.9. The molecule has 21 heteroatoms. The molecule has 3 heterocycles. The summed E-state index contributed by atoms with van der Waals surface area (Å²) >= 11 is 0. The third-order valence-corrected chi connectivity index (χ3v) is 17.4. The Morgan fingerprint density at radius 2 is 0.816 bits per heavy atom. The molecule has 3 saturated heterocycles. The van der Waals surface area contributed by atoms with Crippen molar-refractivity contribution >= 4 is 58.2 Å². The Hall–Kier alpha value is -12.0. The average molecular weight is 1320 g/mol. The fourth-order valence-corrected chi connectivity index (χ4v) is 12.0. The van der Waals surface area contributed by atoms with Crippen molar-refractivity contribution in [2.45, 2.75) is 70.7 Å². The number of ether oxygens (including phenoxy) is 6. The SMILES string of the molecule is COc1ccc(C2CC(=O)N(c3cccc(C(N)=O)c3)C2)c(OCc2ccc(C)cc2)c1.COc1ccc(C2CC(=O)N(c3cccc(C(N)=O)c3)C2)c(OCc2cccc([N+](=O)[O-])c2)c1.COc1ccc(C2CC(=O)N(c3cccc(C(N)=O)c3)C2)c(OCc2ccccc2C)c1. The number of methoxy groups -OCH3 is 3. The lowest BCUT2D eigenvalue weighted by molar-refractivity contribution is -0.384. The number of hydrogen-bond donors (Lipinski definition) is 3. The van der Waals surface area contributed by atoms with Crippen LogP contribution in [0.15, 0.2) is 200 Å². The number of nitro groups is 1. The van der Waals surface area contributed by atoms with Crippen LogP contribution in [0.5, 0.6) is 34.5 Å². The number of anilines is 3. The van der Waals surface area contributed by atoms with Crippen LogP contribution >= 0.6 is 0 Å². The summed E-state index contributed by atoms with van der Waals surface area (Å²) in [6, 6.07) is 59.7. The zero-order chi connectivity index (χ0) is 69.6. The van der Waals surface area contributed by atoms with Crippen LogP contribution in [0.4, 0.5) is 22.7 Å². The number of nitro benzene ring substituents is 1. The first-order valence-corrected chi connectivity index (χ1v) is 31.6. The van der Waals surface area contributed by atoms with Crippen molar-refractivity contribution in [1.29, 1.82) is 0 Å². The molecule has 502 valence electrons. The van der Waals surface area contributed by atoms with Gasteiger partial charge in [0.2, 0.25) is 35.4 Å². The van der Waals surface area contributed by atoms with Gasteiger partial charge < -0.3 is 60.3 Å². The Bertz CT molecular complexity index is 4440. The van der Waals surface area contributed by atoms with E-state index in [4.69, 9.17) is 45.6 Å². The number of benzene rings is 9. The summed E-state index contributed by atoms with van der Waals surface area (Å²) in [5.41, 5.74) is 27.1. The number of carbonyl (C=O) groups excluding carboxylic acids is 6. The van der Waals surface area contributed by atoms with E-state index in [1.54, 1.807) is 121 Å².